The van der Waals surface area contributed by atoms with Gasteiger partial charge in [-0.25, -0.2) is 0 Å². The molecule has 7 nitrogen and oxygen atoms in total. The van der Waals surface area contributed by atoms with Gasteiger partial charge in [-0.15, -0.1) is 0 Å². The highest BCUT2D eigenvalue weighted by Crippen LogP contribution is 1.89. The summed E-state index contributed by atoms with van der Waals surface area (Å²) in [6, 6.07) is 0. The van der Waals surface area contributed by atoms with Gasteiger partial charge in [0.2, 0.25) is 0 Å². The molecule has 0 aliphatic carbocycles. The van der Waals surface area contributed by atoms with Crippen LogP contribution in [0.3, 0.4) is 0 Å². The molecule has 0 aromatic heterocycles. The van der Waals surface area contributed by atoms with Crippen LogP contribution in [0.4, 0.5) is 0 Å². The van der Waals surface area contributed by atoms with E-state index in [-0.39, 0.29) is 5.70 Å². The van der Waals surface area contributed by atoms with Crippen molar-refractivity contribution in [2.45, 2.75) is 0 Å². The summed E-state index contributed by atoms with van der Waals surface area (Å²) in [6.45, 7) is 0. The van der Waals surface area contributed by atoms with Gasteiger partial charge < -0.3 is 21.1 Å². The molecule has 7 heteroatoms. The topological polar surface area (TPSA) is 101 Å². The zero-order valence-electron chi connectivity index (χ0n) is 10.6. The van der Waals surface area contributed by atoms with E-state index in [4.69, 9.17) is 10.5 Å². The molecule has 0 bridgehead atoms. The zero-order chi connectivity index (χ0) is 14.5. The van der Waals surface area contributed by atoms with Crippen LogP contribution in [0.25, 0.3) is 0 Å². The fourth-order valence-electron chi connectivity index (χ4n) is 0.966. The fraction of sp³-hybridized carbons (Fsp3) is 0. The summed E-state index contributed by atoms with van der Waals surface area (Å²) in [6.07, 6.45) is 16.6. The van der Waals surface area contributed by atoms with Gasteiger partial charge in [-0.05, 0) is 12.2 Å². The summed E-state index contributed by atoms with van der Waals surface area (Å²) in [5, 5.41) is 5.49. The number of ether oxygens (including phenoxy) is 1. The molecule has 1 amide bonds. The van der Waals surface area contributed by atoms with E-state index in [1.54, 1.807) is 30.8 Å². The molecule has 0 unspecified atom stereocenters. The van der Waals surface area contributed by atoms with Crippen LogP contribution in [-0.2, 0) is 9.53 Å². The van der Waals surface area contributed by atoms with Crippen molar-refractivity contribution in [3.8, 4) is 0 Å². The molecular weight excluding hydrogens is 258 g/mol. The van der Waals surface area contributed by atoms with Crippen LogP contribution < -0.4 is 16.4 Å². The van der Waals surface area contributed by atoms with Crippen LogP contribution in [0, 0.1) is 0 Å². The normalized spacial score (nSPS) is 15.7. The van der Waals surface area contributed by atoms with Crippen molar-refractivity contribution < 1.29 is 9.53 Å². The minimum atomic E-state index is -0.616. The van der Waals surface area contributed by atoms with E-state index in [2.05, 4.69) is 20.6 Å². The molecule has 1 rings (SSSR count). The first-order valence-corrected chi connectivity index (χ1v) is 5.65. The number of aliphatic imine (C=N–C) groups is 2. The van der Waals surface area contributed by atoms with E-state index >= 15 is 0 Å². The Hall–Kier alpha value is -3.09. The number of primary amides is 1. The average molecular weight is 273 g/mol. The predicted molar refractivity (Wildman–Crippen MR) is 78.2 cm³/mol. The summed E-state index contributed by atoms with van der Waals surface area (Å²) in [5.41, 5.74) is 5.34. The summed E-state index contributed by atoms with van der Waals surface area (Å²) < 4.78 is 5.01. The minimum absolute atomic E-state index is 0.155. The highest BCUT2D eigenvalue weighted by atomic mass is 16.5. The van der Waals surface area contributed by atoms with Crippen LogP contribution >= 0.6 is 0 Å². The number of nitrogens with zero attached hydrogens (tertiary/aromatic N) is 2. The maximum absolute atomic E-state index is 11.1. The second kappa shape index (κ2) is 9.89. The third-order valence-electron chi connectivity index (χ3n) is 1.80. The zero-order valence-corrected chi connectivity index (χ0v) is 10.6. The molecule has 1 heterocycles. The van der Waals surface area contributed by atoms with Crippen molar-refractivity contribution in [2.75, 3.05) is 0 Å². The standard InChI is InChI=1S/C13H15N5O2/c14-13(19)12-11-17-4-1-3-15-5-2-9-20-10-8-16-6-7-18-12/h1-11,16,18H,(H2,14,19). The molecular formula is C13H15N5O2. The highest BCUT2D eigenvalue weighted by molar-refractivity contribution is 5.91. The third-order valence-corrected chi connectivity index (χ3v) is 1.80. The molecule has 104 valence electrons. The Morgan fingerprint density at radius 2 is 1.95 bits per heavy atom. The van der Waals surface area contributed by atoms with Crippen molar-refractivity contribution >= 4 is 18.3 Å². The van der Waals surface area contributed by atoms with Gasteiger partial charge in [0.15, 0.2) is 0 Å². The molecule has 0 atom stereocenters. The van der Waals surface area contributed by atoms with Crippen molar-refractivity contribution in [1.82, 2.24) is 10.6 Å². The third kappa shape index (κ3) is 7.28. The first-order chi connectivity index (χ1) is 9.80. The van der Waals surface area contributed by atoms with Gasteiger partial charge in [0.1, 0.15) is 12.0 Å². The summed E-state index contributed by atoms with van der Waals surface area (Å²) >= 11 is 0. The van der Waals surface area contributed by atoms with Crippen LogP contribution in [0.5, 0.6) is 0 Å². The molecule has 0 aromatic rings. The van der Waals surface area contributed by atoms with Crippen LogP contribution in [-0.4, -0.2) is 18.3 Å². The van der Waals surface area contributed by atoms with Gasteiger partial charge in [-0.3, -0.25) is 14.8 Å². The number of allylic oxidation sites excluding steroid dienone is 2. The van der Waals surface area contributed by atoms with E-state index in [0.717, 1.165) is 0 Å². The highest BCUT2D eigenvalue weighted by Gasteiger charge is 1.99. The van der Waals surface area contributed by atoms with E-state index in [1.165, 1.54) is 37.3 Å². The van der Waals surface area contributed by atoms with Crippen molar-refractivity contribution in [3.63, 3.8) is 0 Å². The largest absolute Gasteiger partial charge is 0.471 e. The quantitative estimate of drug-likeness (QED) is 0.652. The van der Waals surface area contributed by atoms with Crippen molar-refractivity contribution in [2.24, 2.45) is 15.7 Å². The van der Waals surface area contributed by atoms with Crippen LogP contribution in [0.1, 0.15) is 0 Å². The number of carbonyl (C=O) groups excluding carboxylic acids is 1. The smallest absolute Gasteiger partial charge is 0.266 e. The second-order valence-corrected chi connectivity index (χ2v) is 3.26. The summed E-state index contributed by atoms with van der Waals surface area (Å²) in [5.74, 6) is -0.616. The van der Waals surface area contributed by atoms with Gasteiger partial charge in [0, 0.05) is 37.2 Å². The Bertz CT molecular complexity index is 513. The van der Waals surface area contributed by atoms with Crippen LogP contribution in [0.15, 0.2) is 71.4 Å². The Morgan fingerprint density at radius 3 is 2.80 bits per heavy atom. The lowest BCUT2D eigenvalue weighted by Crippen LogP contribution is -2.22. The van der Waals surface area contributed by atoms with E-state index in [0.29, 0.717) is 0 Å². The first-order valence-electron chi connectivity index (χ1n) is 5.65. The lowest BCUT2D eigenvalue weighted by atomic mass is 10.4. The van der Waals surface area contributed by atoms with E-state index < -0.39 is 5.91 Å². The average Bonchev–Trinajstić information content (AvgIpc) is 2.43. The second-order valence-electron chi connectivity index (χ2n) is 3.26. The lowest BCUT2D eigenvalue weighted by molar-refractivity contribution is -0.114. The summed E-state index contributed by atoms with van der Waals surface area (Å²) in [4.78, 5) is 18.9. The molecule has 0 saturated carbocycles. The molecule has 0 fully saturated rings. The molecule has 0 radical (unpaired) electrons. The fourth-order valence-corrected chi connectivity index (χ4v) is 0.966. The van der Waals surface area contributed by atoms with Crippen molar-refractivity contribution in [3.05, 3.63) is 61.4 Å². The molecule has 0 aromatic carbocycles. The first kappa shape index (κ1) is 15.0. The number of hydrogen-bond acceptors (Lipinski definition) is 6. The number of rotatable bonds is 1. The maximum atomic E-state index is 11.1. The molecule has 0 spiro atoms. The number of nitrogens with two attached hydrogens (primary N) is 1. The Labute approximate surface area is 116 Å². The number of nitrogens with one attached hydrogen (secondary N) is 2. The molecule has 4 N–H and O–H groups in total. The van der Waals surface area contributed by atoms with Gasteiger partial charge >= 0.3 is 0 Å². The monoisotopic (exact) mass is 273 g/mol. The van der Waals surface area contributed by atoms with E-state index in [9.17, 15) is 4.79 Å². The van der Waals surface area contributed by atoms with Crippen LogP contribution in [0.2, 0.25) is 0 Å². The van der Waals surface area contributed by atoms with Gasteiger partial charge in [0.05, 0.1) is 12.5 Å². The Kier molecular flexibility index (Phi) is 7.40. The molecule has 1 aliphatic rings. The number of carbonyl (C=O) groups is 1. The SMILES string of the molecule is NC(=O)C1=CN=CC=CN=CC=COC=CNC=CN1. The molecule has 1 aliphatic heterocycles. The number of hydrogen-bond donors (Lipinski definition) is 3. The number of amides is 1. The Balaban J connectivity index is 2.78. The van der Waals surface area contributed by atoms with Crippen molar-refractivity contribution in [1.29, 1.82) is 0 Å². The predicted octanol–water partition coefficient (Wildman–Crippen LogP) is 0.634. The maximum Gasteiger partial charge on any atom is 0.266 e. The molecule has 0 saturated heterocycles. The minimum Gasteiger partial charge on any atom is -0.471 e. The van der Waals surface area contributed by atoms with Gasteiger partial charge in [-0.1, -0.05) is 0 Å². The summed E-state index contributed by atoms with van der Waals surface area (Å²) in [7, 11) is 0. The van der Waals surface area contributed by atoms with Gasteiger partial charge in [0.25, 0.3) is 5.91 Å². The molecule has 20 heavy (non-hydrogen) atoms. The van der Waals surface area contributed by atoms with Gasteiger partial charge in [-0.2, -0.15) is 0 Å². The Morgan fingerprint density at radius 1 is 1.10 bits per heavy atom. The van der Waals surface area contributed by atoms with E-state index in [1.807, 2.05) is 0 Å². The lowest BCUT2D eigenvalue weighted by Gasteiger charge is -2.00.